The quantitative estimate of drug-likeness (QED) is 0.619. The Morgan fingerprint density at radius 3 is 3.06 bits per heavy atom. The molecule has 17 heavy (non-hydrogen) atoms. The monoisotopic (exact) mass is 233 g/mol. The van der Waals surface area contributed by atoms with Crippen LogP contribution in [0.15, 0.2) is 24.4 Å². The van der Waals surface area contributed by atoms with Crippen molar-refractivity contribution in [1.29, 1.82) is 0 Å². The summed E-state index contributed by atoms with van der Waals surface area (Å²) in [6.45, 7) is 0.549. The van der Waals surface area contributed by atoms with Crippen LogP contribution in [-0.4, -0.2) is 29.1 Å². The number of aromatic hydroxyl groups is 1. The molecule has 1 heterocycles. The Morgan fingerprint density at radius 2 is 2.29 bits per heavy atom. The Morgan fingerprint density at radius 1 is 1.47 bits per heavy atom. The number of carbonyl (C=O) groups excluding carboxylic acids is 1. The van der Waals surface area contributed by atoms with Gasteiger partial charge in [0.1, 0.15) is 5.75 Å². The van der Waals surface area contributed by atoms with E-state index in [9.17, 15) is 9.90 Å². The summed E-state index contributed by atoms with van der Waals surface area (Å²) in [7, 11) is 0. The van der Waals surface area contributed by atoms with Gasteiger partial charge in [-0.2, -0.15) is 0 Å². The van der Waals surface area contributed by atoms with Gasteiger partial charge in [-0.05, 0) is 30.2 Å². The molecule has 90 valence electrons. The van der Waals surface area contributed by atoms with Gasteiger partial charge < -0.3 is 21.1 Å². The van der Waals surface area contributed by atoms with Crippen molar-refractivity contribution < 1.29 is 9.90 Å². The number of fused-ring (bicyclic) bond motifs is 1. The number of phenolic OH excluding ortho intramolecular Hbond substituents is 1. The molecule has 5 nitrogen and oxygen atoms in total. The second kappa shape index (κ2) is 4.88. The Labute approximate surface area is 98.6 Å². The summed E-state index contributed by atoms with van der Waals surface area (Å²) < 4.78 is 0. The van der Waals surface area contributed by atoms with E-state index in [0.717, 1.165) is 16.5 Å². The second-order valence-electron chi connectivity index (χ2n) is 3.85. The van der Waals surface area contributed by atoms with Crippen LogP contribution >= 0.6 is 0 Å². The number of nitrogens with two attached hydrogens (primary N) is 1. The second-order valence-corrected chi connectivity index (χ2v) is 3.85. The molecule has 0 saturated heterocycles. The molecule has 0 radical (unpaired) electrons. The van der Waals surface area contributed by atoms with E-state index in [4.69, 9.17) is 5.73 Å². The van der Waals surface area contributed by atoms with Crippen LogP contribution in [-0.2, 0) is 11.2 Å². The maximum Gasteiger partial charge on any atom is 0.233 e. The third-order valence-electron chi connectivity index (χ3n) is 2.65. The molecule has 1 aromatic heterocycles. The lowest BCUT2D eigenvalue weighted by Gasteiger charge is -2.02. The third-order valence-corrected chi connectivity index (χ3v) is 2.65. The lowest BCUT2D eigenvalue weighted by molar-refractivity contribution is -0.119. The number of benzene rings is 1. The highest BCUT2D eigenvalue weighted by atomic mass is 16.3. The van der Waals surface area contributed by atoms with Gasteiger partial charge in [0, 0.05) is 23.6 Å². The molecule has 0 saturated carbocycles. The molecule has 0 fully saturated rings. The average molecular weight is 233 g/mol. The predicted molar refractivity (Wildman–Crippen MR) is 65.7 cm³/mol. The number of rotatable bonds is 4. The van der Waals surface area contributed by atoms with E-state index in [1.165, 1.54) is 0 Å². The molecule has 0 aliphatic carbocycles. The van der Waals surface area contributed by atoms with E-state index < -0.39 is 0 Å². The maximum atomic E-state index is 11.0. The van der Waals surface area contributed by atoms with E-state index in [2.05, 4.69) is 10.3 Å². The van der Waals surface area contributed by atoms with Gasteiger partial charge in [0.15, 0.2) is 0 Å². The average Bonchev–Trinajstić information content (AvgIpc) is 2.72. The van der Waals surface area contributed by atoms with Crippen LogP contribution in [0.1, 0.15) is 5.56 Å². The zero-order valence-electron chi connectivity index (χ0n) is 9.36. The van der Waals surface area contributed by atoms with Gasteiger partial charge in [0.05, 0.1) is 6.54 Å². The number of hydrogen-bond donors (Lipinski definition) is 4. The van der Waals surface area contributed by atoms with E-state index in [1.54, 1.807) is 12.1 Å². The minimum atomic E-state index is -0.160. The van der Waals surface area contributed by atoms with Gasteiger partial charge in [-0.15, -0.1) is 0 Å². The van der Waals surface area contributed by atoms with Crippen LogP contribution in [0, 0.1) is 0 Å². The first-order valence-corrected chi connectivity index (χ1v) is 5.46. The summed E-state index contributed by atoms with van der Waals surface area (Å²) in [5, 5.41) is 13.1. The highest BCUT2D eigenvalue weighted by Gasteiger charge is 2.05. The summed E-state index contributed by atoms with van der Waals surface area (Å²) in [5.74, 6) is 0.0806. The van der Waals surface area contributed by atoms with Crippen molar-refractivity contribution in [3.05, 3.63) is 30.0 Å². The summed E-state index contributed by atoms with van der Waals surface area (Å²) in [6, 6.07) is 5.18. The number of aromatic nitrogens is 1. The Bertz CT molecular complexity index is 534. The number of carbonyl (C=O) groups is 1. The highest BCUT2D eigenvalue weighted by Crippen LogP contribution is 2.22. The molecule has 1 amide bonds. The fourth-order valence-corrected chi connectivity index (χ4v) is 1.78. The van der Waals surface area contributed by atoms with Gasteiger partial charge in [-0.3, -0.25) is 4.79 Å². The molecule has 0 aliphatic rings. The van der Waals surface area contributed by atoms with Crippen molar-refractivity contribution in [3.8, 4) is 5.75 Å². The first kappa shape index (κ1) is 11.5. The largest absolute Gasteiger partial charge is 0.508 e. The van der Waals surface area contributed by atoms with Crippen LogP contribution in [0.2, 0.25) is 0 Å². The van der Waals surface area contributed by atoms with Crippen LogP contribution in [0.25, 0.3) is 10.9 Å². The van der Waals surface area contributed by atoms with Crippen molar-refractivity contribution in [3.63, 3.8) is 0 Å². The normalized spacial score (nSPS) is 10.6. The molecule has 0 bridgehead atoms. The van der Waals surface area contributed by atoms with Gasteiger partial charge in [0.2, 0.25) is 5.91 Å². The number of nitrogens with one attached hydrogen (secondary N) is 2. The fraction of sp³-hybridized carbons (Fsp3) is 0.250. The molecule has 5 heteroatoms. The summed E-state index contributed by atoms with van der Waals surface area (Å²) in [5.41, 5.74) is 7.23. The van der Waals surface area contributed by atoms with Gasteiger partial charge in [-0.25, -0.2) is 0 Å². The Balaban J connectivity index is 2.08. The molecule has 1 aromatic carbocycles. The van der Waals surface area contributed by atoms with Crippen molar-refractivity contribution >= 4 is 16.8 Å². The zero-order valence-corrected chi connectivity index (χ0v) is 9.36. The van der Waals surface area contributed by atoms with E-state index in [0.29, 0.717) is 13.0 Å². The molecule has 0 aliphatic heterocycles. The fourth-order valence-electron chi connectivity index (χ4n) is 1.78. The van der Waals surface area contributed by atoms with Crippen LogP contribution in [0.3, 0.4) is 0 Å². The number of amides is 1. The molecule has 5 N–H and O–H groups in total. The van der Waals surface area contributed by atoms with Gasteiger partial charge in [0.25, 0.3) is 0 Å². The number of aromatic amines is 1. The topological polar surface area (TPSA) is 91.1 Å². The van der Waals surface area contributed by atoms with Crippen LogP contribution in [0.4, 0.5) is 0 Å². The molecular formula is C12H15N3O2. The maximum absolute atomic E-state index is 11.0. The first-order valence-electron chi connectivity index (χ1n) is 5.46. The lowest BCUT2D eigenvalue weighted by Crippen LogP contribution is -2.31. The third kappa shape index (κ3) is 2.57. The van der Waals surface area contributed by atoms with E-state index in [1.807, 2.05) is 12.3 Å². The molecule has 0 atom stereocenters. The number of H-pyrrole nitrogens is 1. The van der Waals surface area contributed by atoms with Crippen molar-refractivity contribution in [2.75, 3.05) is 13.1 Å². The van der Waals surface area contributed by atoms with Crippen molar-refractivity contribution in [1.82, 2.24) is 10.3 Å². The van der Waals surface area contributed by atoms with E-state index in [-0.39, 0.29) is 18.2 Å². The molecule has 2 rings (SSSR count). The summed E-state index contributed by atoms with van der Waals surface area (Å²) >= 11 is 0. The smallest absolute Gasteiger partial charge is 0.233 e. The van der Waals surface area contributed by atoms with Crippen molar-refractivity contribution in [2.24, 2.45) is 5.73 Å². The lowest BCUT2D eigenvalue weighted by atomic mass is 10.1. The first-order chi connectivity index (χ1) is 8.20. The zero-order chi connectivity index (χ0) is 12.3. The Hall–Kier alpha value is -2.01. The van der Waals surface area contributed by atoms with Crippen LogP contribution < -0.4 is 11.1 Å². The van der Waals surface area contributed by atoms with Crippen molar-refractivity contribution in [2.45, 2.75) is 6.42 Å². The molecule has 0 unspecified atom stereocenters. The number of hydrogen-bond acceptors (Lipinski definition) is 3. The van der Waals surface area contributed by atoms with Gasteiger partial charge >= 0.3 is 0 Å². The molecular weight excluding hydrogens is 218 g/mol. The standard InChI is InChI=1S/C12H15N3O2/c13-6-12(17)14-4-3-8-7-15-11-2-1-9(16)5-10(8)11/h1-2,5,7,15-16H,3-4,6,13H2,(H,14,17). The Kier molecular flexibility index (Phi) is 3.30. The summed E-state index contributed by atoms with van der Waals surface area (Å²) in [6.07, 6.45) is 2.59. The van der Waals surface area contributed by atoms with E-state index >= 15 is 0 Å². The minimum absolute atomic E-state index is 0.00860. The summed E-state index contributed by atoms with van der Waals surface area (Å²) in [4.78, 5) is 14.1. The highest BCUT2D eigenvalue weighted by molar-refractivity contribution is 5.84. The SMILES string of the molecule is NCC(=O)NCCc1c[nH]c2ccc(O)cc12. The predicted octanol–water partition coefficient (Wildman–Crippen LogP) is 0.491. The number of phenols is 1. The molecule has 2 aromatic rings. The van der Waals surface area contributed by atoms with Crippen LogP contribution in [0.5, 0.6) is 5.75 Å². The minimum Gasteiger partial charge on any atom is -0.508 e. The van der Waals surface area contributed by atoms with Gasteiger partial charge in [-0.1, -0.05) is 0 Å². The molecule has 0 spiro atoms.